The Hall–Kier alpha value is -1.43. The first-order chi connectivity index (χ1) is 12.3. The minimum Gasteiger partial charge on any atom is -0.259 e. The van der Waals surface area contributed by atoms with E-state index in [9.17, 15) is 21.6 Å². The zero-order valence-corrected chi connectivity index (χ0v) is 15.5. The van der Waals surface area contributed by atoms with Gasteiger partial charge in [-0.25, -0.2) is 0 Å². The summed E-state index contributed by atoms with van der Waals surface area (Å²) in [5, 5.41) is 0. The molecule has 1 saturated heterocycles. The molecule has 1 aliphatic rings. The second kappa shape index (κ2) is 7.67. The highest BCUT2D eigenvalue weighted by Gasteiger charge is 2.48. The lowest BCUT2D eigenvalue weighted by atomic mass is 10.0. The van der Waals surface area contributed by atoms with E-state index in [-0.39, 0.29) is 11.3 Å². The Kier molecular flexibility index (Phi) is 5.70. The first-order valence-electron chi connectivity index (χ1n) is 8.11. The van der Waals surface area contributed by atoms with E-state index in [2.05, 4.69) is 4.18 Å². The Morgan fingerprint density at radius 1 is 0.885 bits per heavy atom. The molecular weight excluding hydrogens is 384 g/mol. The highest BCUT2D eigenvalue weighted by atomic mass is 32.2. The molecule has 2 aromatic carbocycles. The van der Waals surface area contributed by atoms with Crippen LogP contribution in [-0.4, -0.2) is 20.3 Å². The largest absolute Gasteiger partial charge is 0.523 e. The van der Waals surface area contributed by atoms with Crippen molar-refractivity contribution in [3.05, 3.63) is 71.8 Å². The first-order valence-corrected chi connectivity index (χ1v) is 11.2. The van der Waals surface area contributed by atoms with Crippen LogP contribution in [0.5, 0.6) is 0 Å². The molecule has 140 valence electrons. The summed E-state index contributed by atoms with van der Waals surface area (Å²) in [7, 11) is -6.72. The van der Waals surface area contributed by atoms with Crippen molar-refractivity contribution < 1.29 is 25.8 Å². The average Bonchev–Trinajstić information content (AvgIpc) is 3.04. The van der Waals surface area contributed by atoms with Crippen molar-refractivity contribution in [3.8, 4) is 0 Å². The summed E-state index contributed by atoms with van der Waals surface area (Å²) in [6, 6.07) is 19.0. The summed E-state index contributed by atoms with van der Waals surface area (Å²) >= 11 is 0. The number of halogens is 3. The maximum atomic E-state index is 12.6. The summed E-state index contributed by atoms with van der Waals surface area (Å²) in [6.07, 6.45) is 1.17. The highest BCUT2D eigenvalue weighted by Crippen LogP contribution is 2.70. The van der Waals surface area contributed by atoms with E-state index in [0.29, 0.717) is 0 Å². The van der Waals surface area contributed by atoms with Gasteiger partial charge in [-0.2, -0.15) is 21.6 Å². The molecule has 0 bridgehead atoms. The van der Waals surface area contributed by atoms with Gasteiger partial charge in [-0.05, 0) is 24.0 Å². The van der Waals surface area contributed by atoms with Crippen molar-refractivity contribution in [2.75, 3.05) is 6.35 Å². The van der Waals surface area contributed by atoms with Crippen molar-refractivity contribution in [2.45, 2.75) is 29.7 Å². The lowest BCUT2D eigenvalue weighted by molar-refractivity contribution is -0.0530. The molecule has 0 saturated carbocycles. The molecule has 2 aromatic rings. The number of rotatable bonds is 5. The fraction of sp³-hybridized carbons (Fsp3) is 0.333. The van der Waals surface area contributed by atoms with E-state index in [4.69, 9.17) is 0 Å². The lowest BCUT2D eigenvalue weighted by Gasteiger charge is -2.26. The first kappa shape index (κ1) is 19.3. The van der Waals surface area contributed by atoms with Crippen molar-refractivity contribution in [3.63, 3.8) is 0 Å². The zero-order chi connectivity index (χ0) is 18.8. The molecule has 0 aliphatic carbocycles. The Balaban J connectivity index is 1.88. The predicted molar refractivity (Wildman–Crippen MR) is 95.4 cm³/mol. The minimum atomic E-state index is -5.58. The van der Waals surface area contributed by atoms with Crippen molar-refractivity contribution >= 4 is 18.0 Å². The van der Waals surface area contributed by atoms with Crippen LogP contribution in [0.2, 0.25) is 0 Å². The van der Waals surface area contributed by atoms with Gasteiger partial charge in [0, 0.05) is 11.3 Å². The Labute approximate surface area is 152 Å². The van der Waals surface area contributed by atoms with E-state index < -0.39 is 29.9 Å². The Morgan fingerprint density at radius 2 is 1.31 bits per heavy atom. The number of benzene rings is 2. The second-order valence-corrected chi connectivity index (χ2v) is 10.2. The van der Waals surface area contributed by atoms with Gasteiger partial charge in [-0.15, -0.1) is 0 Å². The molecule has 1 heterocycles. The topological polar surface area (TPSA) is 43.4 Å². The van der Waals surface area contributed by atoms with Crippen LogP contribution in [0.3, 0.4) is 0 Å². The van der Waals surface area contributed by atoms with Crippen LogP contribution in [-0.2, 0) is 14.3 Å². The highest BCUT2D eigenvalue weighted by molar-refractivity contribution is 7.87. The molecule has 1 aliphatic heterocycles. The fourth-order valence-electron chi connectivity index (χ4n) is 3.31. The quantitative estimate of drug-likeness (QED) is 0.373. The maximum absolute atomic E-state index is 12.6. The van der Waals surface area contributed by atoms with Gasteiger partial charge >= 0.3 is 15.6 Å². The molecule has 3 nitrogen and oxygen atoms in total. The molecule has 26 heavy (non-hydrogen) atoms. The van der Waals surface area contributed by atoms with Crippen LogP contribution in [0.25, 0.3) is 0 Å². The Bertz CT molecular complexity index is 778. The number of hydrogen-bond donors (Lipinski definition) is 0. The van der Waals surface area contributed by atoms with Gasteiger partial charge in [0.05, 0.1) is 6.35 Å². The van der Waals surface area contributed by atoms with Crippen LogP contribution in [0.15, 0.2) is 60.7 Å². The summed E-state index contributed by atoms with van der Waals surface area (Å²) in [6.45, 7) is 0. The third-order valence-electron chi connectivity index (χ3n) is 4.52. The molecule has 2 atom stereocenters. The van der Waals surface area contributed by atoms with E-state index in [1.807, 2.05) is 60.7 Å². The number of alkyl halides is 3. The zero-order valence-electron chi connectivity index (χ0n) is 13.8. The van der Waals surface area contributed by atoms with Crippen molar-refractivity contribution in [2.24, 2.45) is 0 Å². The van der Waals surface area contributed by atoms with E-state index in [1.54, 1.807) is 0 Å². The molecule has 0 radical (unpaired) electrons. The van der Waals surface area contributed by atoms with Crippen LogP contribution >= 0.6 is 7.92 Å². The molecule has 0 N–H and O–H groups in total. The van der Waals surface area contributed by atoms with E-state index in [1.165, 1.54) is 0 Å². The summed E-state index contributed by atoms with van der Waals surface area (Å²) < 4.78 is 65.1. The lowest BCUT2D eigenvalue weighted by Crippen LogP contribution is -2.25. The fourth-order valence-corrected chi connectivity index (χ4v) is 7.35. The van der Waals surface area contributed by atoms with Crippen molar-refractivity contribution in [1.29, 1.82) is 0 Å². The van der Waals surface area contributed by atoms with Gasteiger partial charge in [-0.1, -0.05) is 68.6 Å². The van der Waals surface area contributed by atoms with E-state index in [0.717, 1.165) is 24.0 Å². The molecule has 1 fully saturated rings. The second-order valence-electron chi connectivity index (χ2n) is 6.09. The standard InChI is InChI=1S/C18H18F3O3PS/c19-18(20,21)26(22,23)24-13-25-16(14-7-3-1-4-8-14)11-12-17(25)15-9-5-2-6-10-15/h1-10,16-17H,11-13H2/t16-,17-/m1/s1. The molecule has 3 rings (SSSR count). The predicted octanol–water partition coefficient (Wildman–Crippen LogP) is 5.57. The minimum absolute atomic E-state index is 0.0137. The van der Waals surface area contributed by atoms with Gasteiger partial charge in [-0.3, -0.25) is 4.18 Å². The Morgan fingerprint density at radius 3 is 1.69 bits per heavy atom. The van der Waals surface area contributed by atoms with Crippen LogP contribution in [0.1, 0.15) is 35.3 Å². The molecular formula is C18H18F3O3PS. The van der Waals surface area contributed by atoms with Gasteiger partial charge in [0.2, 0.25) is 0 Å². The SMILES string of the molecule is O=S(=O)(OCP1[C@@H](c2ccccc2)CC[C@@H]1c1ccccc1)C(F)(F)F. The molecule has 0 unspecified atom stereocenters. The van der Waals surface area contributed by atoms with Crippen LogP contribution in [0.4, 0.5) is 13.2 Å². The summed E-state index contributed by atoms with van der Waals surface area (Å²) in [5.41, 5.74) is -3.33. The van der Waals surface area contributed by atoms with Crippen molar-refractivity contribution in [1.82, 2.24) is 0 Å². The smallest absolute Gasteiger partial charge is 0.259 e. The van der Waals surface area contributed by atoms with E-state index >= 15 is 0 Å². The molecule has 0 amide bonds. The maximum Gasteiger partial charge on any atom is 0.523 e. The summed E-state index contributed by atoms with van der Waals surface area (Å²) in [4.78, 5) is 0. The molecule has 8 heteroatoms. The van der Waals surface area contributed by atoms with Crippen LogP contribution in [0, 0.1) is 0 Å². The molecule has 0 spiro atoms. The summed E-state index contributed by atoms with van der Waals surface area (Å²) in [5.74, 6) is 0. The molecule has 0 aromatic heterocycles. The third kappa shape index (κ3) is 4.11. The van der Waals surface area contributed by atoms with Gasteiger partial charge < -0.3 is 0 Å². The van der Waals surface area contributed by atoms with Gasteiger partial charge in [0.25, 0.3) is 0 Å². The normalized spacial score (nSPS) is 21.8. The number of hydrogen-bond acceptors (Lipinski definition) is 3. The van der Waals surface area contributed by atoms with Crippen LogP contribution < -0.4 is 0 Å². The monoisotopic (exact) mass is 402 g/mol. The third-order valence-corrected chi connectivity index (χ3v) is 8.83. The average molecular weight is 402 g/mol. The van der Waals surface area contributed by atoms with Gasteiger partial charge in [0.15, 0.2) is 0 Å². The van der Waals surface area contributed by atoms with Gasteiger partial charge in [0.1, 0.15) is 0 Å².